The van der Waals surface area contributed by atoms with Crippen LogP contribution in [0, 0.1) is 5.92 Å². The fraction of sp³-hybridized carbons (Fsp3) is 0.556. The molecule has 132 valence electrons. The van der Waals surface area contributed by atoms with Crippen molar-refractivity contribution in [1.82, 2.24) is 5.32 Å². The molecule has 2 amide bonds. The summed E-state index contributed by atoms with van der Waals surface area (Å²) in [5.74, 6) is 0.440. The molecule has 6 heteroatoms. The molecule has 5 nitrogen and oxygen atoms in total. The van der Waals surface area contributed by atoms with Crippen LogP contribution in [0.1, 0.15) is 32.6 Å². The summed E-state index contributed by atoms with van der Waals surface area (Å²) in [4.78, 5) is 25.1. The van der Waals surface area contributed by atoms with Gasteiger partial charge in [-0.2, -0.15) is 0 Å². The Balaban J connectivity index is 1.73. The Kier molecular flexibility index (Phi) is 7.06. The first-order valence-corrected chi connectivity index (χ1v) is 8.98. The predicted molar refractivity (Wildman–Crippen MR) is 96.3 cm³/mol. The average Bonchev–Trinajstić information content (AvgIpc) is 2.51. The van der Waals surface area contributed by atoms with E-state index in [1.807, 2.05) is 7.05 Å². The number of anilines is 1. The molecule has 1 aromatic carbocycles. The molecular weight excluding hydrogens is 326 g/mol. The van der Waals surface area contributed by atoms with Gasteiger partial charge in [0, 0.05) is 16.8 Å². The van der Waals surface area contributed by atoms with Gasteiger partial charge in [-0.05, 0) is 43.0 Å². The molecule has 2 rings (SSSR count). The third-order valence-electron chi connectivity index (χ3n) is 4.51. The number of hydrogen-bond donors (Lipinski definition) is 3. The van der Waals surface area contributed by atoms with Crippen LogP contribution in [0.4, 0.5) is 5.69 Å². The summed E-state index contributed by atoms with van der Waals surface area (Å²) >= 11 is 5.82. The first kappa shape index (κ1) is 18.7. The lowest BCUT2D eigenvalue weighted by atomic mass is 9.86. The molecule has 3 N–H and O–H groups in total. The fourth-order valence-electron chi connectivity index (χ4n) is 3.14. The van der Waals surface area contributed by atoms with Gasteiger partial charge in [-0.3, -0.25) is 9.59 Å². The molecule has 0 bridgehead atoms. The largest absolute Gasteiger partial charge is 0.348 e. The zero-order valence-electron chi connectivity index (χ0n) is 14.4. The van der Waals surface area contributed by atoms with E-state index in [0.717, 1.165) is 11.3 Å². The molecule has 1 unspecified atom stereocenters. The van der Waals surface area contributed by atoms with Crippen molar-refractivity contribution in [2.24, 2.45) is 5.92 Å². The second-order valence-electron chi connectivity index (χ2n) is 6.80. The van der Waals surface area contributed by atoms with Crippen molar-refractivity contribution in [1.29, 1.82) is 0 Å². The molecule has 1 aromatic rings. The quantitative estimate of drug-likeness (QED) is 0.726. The van der Waals surface area contributed by atoms with Crippen LogP contribution in [0.3, 0.4) is 0 Å². The lowest BCUT2D eigenvalue weighted by Crippen LogP contribution is -3.11. The highest BCUT2D eigenvalue weighted by atomic mass is 35.5. The molecule has 0 heterocycles. The van der Waals surface area contributed by atoms with Crippen molar-refractivity contribution < 1.29 is 14.5 Å². The Morgan fingerprint density at radius 1 is 1.12 bits per heavy atom. The van der Waals surface area contributed by atoms with E-state index in [1.54, 1.807) is 24.3 Å². The van der Waals surface area contributed by atoms with Gasteiger partial charge in [-0.25, -0.2) is 0 Å². The molecule has 0 saturated heterocycles. The third-order valence-corrected chi connectivity index (χ3v) is 4.76. The lowest BCUT2D eigenvalue weighted by molar-refractivity contribution is -0.862. The van der Waals surface area contributed by atoms with Crippen molar-refractivity contribution in [3.8, 4) is 0 Å². The second kappa shape index (κ2) is 9.04. The Morgan fingerprint density at radius 2 is 1.75 bits per heavy atom. The Morgan fingerprint density at radius 3 is 2.42 bits per heavy atom. The number of carbonyl (C=O) groups excluding carboxylic acids is 2. The van der Waals surface area contributed by atoms with E-state index in [9.17, 15) is 9.59 Å². The van der Waals surface area contributed by atoms with Crippen LogP contribution in [0.15, 0.2) is 24.3 Å². The molecule has 1 aliphatic carbocycles. The summed E-state index contributed by atoms with van der Waals surface area (Å²) in [5, 5.41) is 6.56. The van der Waals surface area contributed by atoms with Crippen molar-refractivity contribution >= 4 is 29.1 Å². The summed E-state index contributed by atoms with van der Waals surface area (Å²) < 4.78 is 0. The van der Waals surface area contributed by atoms with Crippen LogP contribution in [0.5, 0.6) is 0 Å². The number of halogens is 1. The highest BCUT2D eigenvalue weighted by Crippen LogP contribution is 2.23. The van der Waals surface area contributed by atoms with E-state index in [2.05, 4.69) is 17.6 Å². The monoisotopic (exact) mass is 352 g/mol. The van der Waals surface area contributed by atoms with Crippen molar-refractivity contribution in [2.45, 2.75) is 38.6 Å². The number of quaternary nitrogens is 1. The van der Waals surface area contributed by atoms with Gasteiger partial charge in [-0.1, -0.05) is 31.4 Å². The maximum Gasteiger partial charge on any atom is 0.279 e. The fourth-order valence-corrected chi connectivity index (χ4v) is 3.26. The lowest BCUT2D eigenvalue weighted by Gasteiger charge is -2.29. The minimum atomic E-state index is -0.117. The molecule has 1 fully saturated rings. The molecule has 24 heavy (non-hydrogen) atoms. The van der Waals surface area contributed by atoms with E-state index in [1.165, 1.54) is 19.3 Å². The Labute approximate surface area is 148 Å². The SMILES string of the molecule is C[C@@H]1CCCC[C@H]1NC(=O)C[NH+](C)CC(=O)Nc1ccc(Cl)cc1. The van der Waals surface area contributed by atoms with E-state index < -0.39 is 0 Å². The van der Waals surface area contributed by atoms with Gasteiger partial charge >= 0.3 is 0 Å². The van der Waals surface area contributed by atoms with Gasteiger partial charge in [0.15, 0.2) is 13.1 Å². The second-order valence-corrected chi connectivity index (χ2v) is 7.24. The first-order valence-electron chi connectivity index (χ1n) is 8.60. The van der Waals surface area contributed by atoms with Crippen molar-refractivity contribution in [3.05, 3.63) is 29.3 Å². The molecular formula is C18H27ClN3O2+. The van der Waals surface area contributed by atoms with Crippen LogP contribution >= 0.6 is 11.6 Å². The first-order chi connectivity index (χ1) is 11.4. The van der Waals surface area contributed by atoms with Crippen LogP contribution in [-0.2, 0) is 9.59 Å². The van der Waals surface area contributed by atoms with E-state index in [4.69, 9.17) is 11.6 Å². The van der Waals surface area contributed by atoms with E-state index in [0.29, 0.717) is 23.2 Å². The summed E-state index contributed by atoms with van der Waals surface area (Å²) in [5.41, 5.74) is 0.706. The van der Waals surface area contributed by atoms with Gasteiger partial charge in [0.05, 0.1) is 7.05 Å². The summed E-state index contributed by atoms with van der Waals surface area (Å²) in [7, 11) is 1.85. The molecule has 0 spiro atoms. The zero-order chi connectivity index (χ0) is 17.5. The van der Waals surface area contributed by atoms with E-state index >= 15 is 0 Å². The van der Waals surface area contributed by atoms with E-state index in [-0.39, 0.29) is 24.4 Å². The summed E-state index contributed by atoms with van der Waals surface area (Å²) in [6.45, 7) is 2.74. The molecule has 0 radical (unpaired) electrons. The Hall–Kier alpha value is -1.59. The highest BCUT2D eigenvalue weighted by Gasteiger charge is 2.24. The average molecular weight is 353 g/mol. The highest BCUT2D eigenvalue weighted by molar-refractivity contribution is 6.30. The molecule has 0 aliphatic heterocycles. The number of likely N-dealkylation sites (N-methyl/N-ethyl adjacent to an activating group) is 1. The van der Waals surface area contributed by atoms with Gasteiger partial charge in [-0.15, -0.1) is 0 Å². The number of hydrogen-bond acceptors (Lipinski definition) is 2. The van der Waals surface area contributed by atoms with Crippen LogP contribution in [0.2, 0.25) is 5.02 Å². The van der Waals surface area contributed by atoms with Gasteiger partial charge in [0.2, 0.25) is 0 Å². The van der Waals surface area contributed by atoms with Gasteiger partial charge in [0.25, 0.3) is 11.8 Å². The van der Waals surface area contributed by atoms with Gasteiger partial charge in [0.1, 0.15) is 0 Å². The maximum absolute atomic E-state index is 12.2. The number of amides is 2. The minimum absolute atomic E-state index is 0.0190. The van der Waals surface area contributed by atoms with Crippen molar-refractivity contribution in [2.75, 3.05) is 25.5 Å². The summed E-state index contributed by atoms with van der Waals surface area (Å²) in [6.07, 6.45) is 4.67. The third kappa shape index (κ3) is 6.13. The number of benzene rings is 1. The van der Waals surface area contributed by atoms with Gasteiger partial charge < -0.3 is 15.5 Å². The molecule has 3 atom stereocenters. The molecule has 1 aliphatic rings. The zero-order valence-corrected chi connectivity index (χ0v) is 15.2. The number of nitrogens with one attached hydrogen (secondary N) is 3. The van der Waals surface area contributed by atoms with Crippen LogP contribution in [-0.4, -0.2) is 38.0 Å². The number of rotatable bonds is 6. The topological polar surface area (TPSA) is 62.6 Å². The smallest absolute Gasteiger partial charge is 0.279 e. The standard InChI is InChI=1S/C18H26ClN3O2/c1-13-5-3-4-6-16(13)21-18(24)12-22(2)11-17(23)20-15-9-7-14(19)8-10-15/h7-10,13,16H,3-6,11-12H2,1-2H3,(H,20,23)(H,21,24)/p+1/t13-,16-/m1/s1. The summed E-state index contributed by atoms with van der Waals surface area (Å²) in [6, 6.07) is 7.25. The van der Waals surface area contributed by atoms with Crippen LogP contribution in [0.25, 0.3) is 0 Å². The Bertz CT molecular complexity index is 562. The maximum atomic E-state index is 12.2. The molecule has 1 saturated carbocycles. The predicted octanol–water partition coefficient (Wildman–Crippen LogP) is 1.49. The number of carbonyl (C=O) groups is 2. The normalized spacial score (nSPS) is 21.8. The minimum Gasteiger partial charge on any atom is -0.348 e. The van der Waals surface area contributed by atoms with Crippen molar-refractivity contribution in [3.63, 3.8) is 0 Å². The molecule has 0 aromatic heterocycles. The van der Waals surface area contributed by atoms with Crippen LogP contribution < -0.4 is 15.5 Å².